The number of fused-ring (bicyclic) bond motifs is 1. The number of likely N-dealkylation sites (tertiary alicyclic amines) is 1. The Balaban J connectivity index is 1.70. The van der Waals surface area contributed by atoms with Gasteiger partial charge >= 0.3 is 0 Å². The van der Waals surface area contributed by atoms with E-state index in [-0.39, 0.29) is 0 Å². The molecule has 1 saturated heterocycles. The molecule has 1 aliphatic heterocycles. The molecule has 3 unspecified atom stereocenters. The maximum atomic E-state index is 9.90. The minimum Gasteiger partial charge on any atom is -0.508 e. The van der Waals surface area contributed by atoms with Gasteiger partial charge in [-0.2, -0.15) is 0 Å². The summed E-state index contributed by atoms with van der Waals surface area (Å²) in [5.41, 5.74) is 7.15. The fraction of sp³-hybridized carbons (Fsp3) is 0.600. The second-order valence-corrected chi connectivity index (χ2v) is 6.42. The van der Waals surface area contributed by atoms with Gasteiger partial charge in [-0.15, -0.1) is 0 Å². The van der Waals surface area contributed by atoms with Crippen LogP contribution in [0.4, 0.5) is 0 Å². The molecular weight excluding hydrogens is 260 g/mol. The van der Waals surface area contributed by atoms with Crippen molar-refractivity contribution >= 4 is 11.6 Å². The van der Waals surface area contributed by atoms with E-state index < -0.39 is 0 Å². The monoisotopic (exact) mass is 280 g/mol. The molecule has 4 heteroatoms. The van der Waals surface area contributed by atoms with E-state index in [9.17, 15) is 5.11 Å². The minimum absolute atomic E-state index is 0.337. The Morgan fingerprint density at radius 3 is 2.95 bits per heavy atom. The van der Waals surface area contributed by atoms with Crippen LogP contribution in [0, 0.1) is 11.8 Å². The molecule has 3 nitrogen and oxygen atoms in total. The van der Waals surface area contributed by atoms with E-state index in [2.05, 4.69) is 4.90 Å². The topological polar surface area (TPSA) is 49.5 Å². The molecule has 3 atom stereocenters. The summed E-state index contributed by atoms with van der Waals surface area (Å²) in [4.78, 5) is 2.41. The van der Waals surface area contributed by atoms with Gasteiger partial charge in [0.05, 0.1) is 0 Å². The lowest BCUT2D eigenvalue weighted by atomic mass is 9.78. The number of hydrogen-bond acceptors (Lipinski definition) is 3. The van der Waals surface area contributed by atoms with Gasteiger partial charge in [-0.1, -0.05) is 18.0 Å². The summed E-state index contributed by atoms with van der Waals surface area (Å²) in [7, 11) is 0. The maximum Gasteiger partial charge on any atom is 0.120 e. The van der Waals surface area contributed by atoms with Crippen LogP contribution in [0.1, 0.15) is 24.8 Å². The molecular formula is C15H21ClN2O. The van der Waals surface area contributed by atoms with Gasteiger partial charge in [-0.3, -0.25) is 4.90 Å². The Kier molecular flexibility index (Phi) is 3.70. The van der Waals surface area contributed by atoms with Crippen molar-refractivity contribution < 1.29 is 5.11 Å². The van der Waals surface area contributed by atoms with E-state index in [1.807, 2.05) is 6.07 Å². The third-order valence-electron chi connectivity index (χ3n) is 4.67. The molecule has 2 fully saturated rings. The Labute approximate surface area is 119 Å². The van der Waals surface area contributed by atoms with Gasteiger partial charge in [-0.05, 0) is 42.9 Å². The van der Waals surface area contributed by atoms with Crippen molar-refractivity contribution in [2.45, 2.75) is 31.8 Å². The first-order valence-corrected chi connectivity index (χ1v) is 7.46. The summed E-state index contributed by atoms with van der Waals surface area (Å²) in [6.45, 7) is 2.92. The van der Waals surface area contributed by atoms with Crippen LogP contribution in [0.5, 0.6) is 5.75 Å². The smallest absolute Gasteiger partial charge is 0.120 e. The van der Waals surface area contributed by atoms with E-state index >= 15 is 0 Å². The van der Waals surface area contributed by atoms with Gasteiger partial charge < -0.3 is 10.8 Å². The van der Waals surface area contributed by atoms with Crippen LogP contribution < -0.4 is 5.73 Å². The van der Waals surface area contributed by atoms with E-state index in [1.165, 1.54) is 12.8 Å². The molecule has 104 valence electrons. The molecule has 0 amide bonds. The van der Waals surface area contributed by atoms with Crippen LogP contribution in [0.3, 0.4) is 0 Å². The SMILES string of the molecule is NC1CCCC2CN(Cc3cc(Cl)ccc3O)CC12. The predicted molar refractivity (Wildman–Crippen MR) is 77.2 cm³/mol. The zero-order valence-corrected chi connectivity index (χ0v) is 11.8. The lowest BCUT2D eigenvalue weighted by Crippen LogP contribution is -2.38. The largest absolute Gasteiger partial charge is 0.508 e. The summed E-state index contributed by atoms with van der Waals surface area (Å²) >= 11 is 6.00. The first kappa shape index (κ1) is 13.2. The first-order chi connectivity index (χ1) is 9.13. The summed E-state index contributed by atoms with van der Waals surface area (Å²) in [6.07, 6.45) is 3.73. The van der Waals surface area contributed by atoms with Crippen LogP contribution in [-0.4, -0.2) is 29.1 Å². The number of phenolic OH excluding ortho intramolecular Hbond substituents is 1. The summed E-state index contributed by atoms with van der Waals surface area (Å²) < 4.78 is 0. The Bertz CT molecular complexity index is 465. The predicted octanol–water partition coefficient (Wildman–Crippen LogP) is 2.60. The first-order valence-electron chi connectivity index (χ1n) is 7.09. The molecule has 0 radical (unpaired) electrons. The average molecular weight is 281 g/mol. The Hall–Kier alpha value is -0.770. The fourth-order valence-corrected chi connectivity index (χ4v) is 3.85. The molecule has 0 bridgehead atoms. The number of rotatable bonds is 2. The standard InChI is InChI=1S/C15H21ClN2O/c16-12-4-5-15(19)11(6-12)8-18-7-10-2-1-3-14(17)13(10)9-18/h4-6,10,13-14,19H,1-3,7-9,17H2. The molecule has 1 heterocycles. The minimum atomic E-state index is 0.337. The molecule has 3 N–H and O–H groups in total. The third-order valence-corrected chi connectivity index (χ3v) is 4.90. The Morgan fingerprint density at radius 1 is 1.32 bits per heavy atom. The lowest BCUT2D eigenvalue weighted by Gasteiger charge is -2.29. The molecule has 1 saturated carbocycles. The normalized spacial score (nSPS) is 31.4. The average Bonchev–Trinajstić information content (AvgIpc) is 2.78. The van der Waals surface area contributed by atoms with Gasteiger partial charge in [-0.25, -0.2) is 0 Å². The van der Waals surface area contributed by atoms with Gasteiger partial charge in [0, 0.05) is 36.3 Å². The highest BCUT2D eigenvalue weighted by Crippen LogP contribution is 2.36. The zero-order chi connectivity index (χ0) is 13.4. The molecule has 0 aromatic heterocycles. The quantitative estimate of drug-likeness (QED) is 0.875. The second-order valence-electron chi connectivity index (χ2n) is 5.99. The van der Waals surface area contributed by atoms with E-state index in [0.29, 0.717) is 22.7 Å². The van der Waals surface area contributed by atoms with Crippen molar-refractivity contribution in [1.82, 2.24) is 4.90 Å². The summed E-state index contributed by atoms with van der Waals surface area (Å²) in [5, 5.41) is 10.6. The van der Waals surface area contributed by atoms with Crippen LogP contribution in [0.25, 0.3) is 0 Å². The number of phenols is 1. The fourth-order valence-electron chi connectivity index (χ4n) is 3.66. The molecule has 1 aliphatic carbocycles. The highest BCUT2D eigenvalue weighted by Gasteiger charge is 2.38. The molecule has 2 aliphatic rings. The van der Waals surface area contributed by atoms with Crippen LogP contribution in [0.15, 0.2) is 18.2 Å². The van der Waals surface area contributed by atoms with Gasteiger partial charge in [0.25, 0.3) is 0 Å². The van der Waals surface area contributed by atoms with Crippen molar-refractivity contribution in [1.29, 1.82) is 0 Å². The van der Waals surface area contributed by atoms with Gasteiger partial charge in [0.15, 0.2) is 0 Å². The number of aromatic hydroxyl groups is 1. The number of benzene rings is 1. The third kappa shape index (κ3) is 2.73. The maximum absolute atomic E-state index is 9.90. The van der Waals surface area contributed by atoms with Gasteiger partial charge in [0.2, 0.25) is 0 Å². The van der Waals surface area contributed by atoms with E-state index in [1.54, 1.807) is 12.1 Å². The van der Waals surface area contributed by atoms with E-state index in [0.717, 1.165) is 37.5 Å². The van der Waals surface area contributed by atoms with Crippen molar-refractivity contribution in [3.63, 3.8) is 0 Å². The van der Waals surface area contributed by atoms with Crippen LogP contribution in [0.2, 0.25) is 5.02 Å². The number of hydrogen-bond donors (Lipinski definition) is 2. The second kappa shape index (κ2) is 5.31. The van der Waals surface area contributed by atoms with Crippen molar-refractivity contribution in [2.24, 2.45) is 17.6 Å². The Morgan fingerprint density at radius 2 is 2.16 bits per heavy atom. The van der Waals surface area contributed by atoms with Crippen molar-refractivity contribution in [3.05, 3.63) is 28.8 Å². The summed E-state index contributed by atoms with van der Waals surface area (Å²) in [5.74, 6) is 1.71. The van der Waals surface area contributed by atoms with Crippen LogP contribution >= 0.6 is 11.6 Å². The highest BCUT2D eigenvalue weighted by molar-refractivity contribution is 6.30. The number of nitrogens with two attached hydrogens (primary N) is 1. The summed E-state index contributed by atoms with van der Waals surface area (Å²) in [6, 6.07) is 5.61. The number of halogens is 1. The van der Waals surface area contributed by atoms with E-state index in [4.69, 9.17) is 17.3 Å². The molecule has 1 aromatic carbocycles. The van der Waals surface area contributed by atoms with Crippen LogP contribution in [-0.2, 0) is 6.54 Å². The van der Waals surface area contributed by atoms with Crippen molar-refractivity contribution in [3.8, 4) is 5.75 Å². The van der Waals surface area contributed by atoms with Gasteiger partial charge in [0.1, 0.15) is 5.75 Å². The molecule has 1 aromatic rings. The zero-order valence-electron chi connectivity index (χ0n) is 11.1. The number of nitrogens with zero attached hydrogens (tertiary/aromatic N) is 1. The molecule has 19 heavy (non-hydrogen) atoms. The molecule has 0 spiro atoms. The lowest BCUT2D eigenvalue weighted by molar-refractivity contribution is 0.259. The van der Waals surface area contributed by atoms with Crippen molar-refractivity contribution in [2.75, 3.05) is 13.1 Å². The highest BCUT2D eigenvalue weighted by atomic mass is 35.5. The molecule has 3 rings (SSSR count).